The third-order valence-electron chi connectivity index (χ3n) is 3.43. The quantitative estimate of drug-likeness (QED) is 0.723. The number of ether oxygens (including phenoxy) is 2. The van der Waals surface area contributed by atoms with Crippen LogP contribution < -0.4 is 15.4 Å². The Balaban J connectivity index is 2.19. The first kappa shape index (κ1) is 18.5. The molecule has 2 amide bonds. The lowest BCUT2D eigenvalue weighted by Crippen LogP contribution is -2.25. The Morgan fingerprint density at radius 1 is 0.920 bits per heavy atom. The fourth-order valence-electron chi connectivity index (χ4n) is 2.25. The summed E-state index contributed by atoms with van der Waals surface area (Å²) in [5.41, 5.74) is 1.25. The molecule has 0 heterocycles. The van der Waals surface area contributed by atoms with Gasteiger partial charge >= 0.3 is 0 Å². The van der Waals surface area contributed by atoms with Crippen molar-refractivity contribution in [2.45, 2.75) is 6.92 Å². The van der Waals surface area contributed by atoms with Crippen molar-refractivity contribution in [2.75, 3.05) is 32.2 Å². The van der Waals surface area contributed by atoms with Crippen molar-refractivity contribution in [2.24, 2.45) is 0 Å². The van der Waals surface area contributed by atoms with Crippen molar-refractivity contribution in [3.63, 3.8) is 0 Å². The fraction of sp³-hybridized carbons (Fsp3) is 0.263. The number of rotatable bonds is 8. The van der Waals surface area contributed by atoms with Crippen LogP contribution in [0.25, 0.3) is 0 Å². The van der Waals surface area contributed by atoms with E-state index in [0.717, 1.165) is 0 Å². The number of carbonyl (C=O) groups excluding carboxylic acids is 2. The van der Waals surface area contributed by atoms with E-state index in [4.69, 9.17) is 9.47 Å². The number of hydrogen-bond acceptors (Lipinski definition) is 4. The van der Waals surface area contributed by atoms with Crippen molar-refractivity contribution >= 4 is 17.5 Å². The first-order valence-corrected chi connectivity index (χ1v) is 8.06. The highest BCUT2D eigenvalue weighted by molar-refractivity contribution is 6.10. The molecule has 2 aromatic carbocycles. The largest absolute Gasteiger partial charge is 0.490 e. The zero-order chi connectivity index (χ0) is 18.1. The Labute approximate surface area is 147 Å². The molecule has 0 aliphatic carbocycles. The van der Waals surface area contributed by atoms with E-state index >= 15 is 0 Å². The van der Waals surface area contributed by atoms with Crippen LogP contribution in [0.15, 0.2) is 48.5 Å². The minimum absolute atomic E-state index is 0.233. The normalized spacial score (nSPS) is 10.2. The molecule has 25 heavy (non-hydrogen) atoms. The van der Waals surface area contributed by atoms with Crippen LogP contribution in [0, 0.1) is 0 Å². The SMILES string of the molecule is CCNC(=O)c1ccccc1NC(=O)c1ccccc1OCCOC. The van der Waals surface area contributed by atoms with Crippen LogP contribution in [0.5, 0.6) is 5.75 Å². The number of nitrogens with one attached hydrogen (secondary N) is 2. The van der Waals surface area contributed by atoms with Gasteiger partial charge in [0.05, 0.1) is 23.4 Å². The maximum atomic E-state index is 12.6. The van der Waals surface area contributed by atoms with Crippen LogP contribution in [0.3, 0.4) is 0 Å². The van der Waals surface area contributed by atoms with Crippen LogP contribution in [0.1, 0.15) is 27.6 Å². The van der Waals surface area contributed by atoms with Crippen molar-refractivity contribution in [1.82, 2.24) is 5.32 Å². The summed E-state index contributed by atoms with van der Waals surface area (Å²) in [7, 11) is 1.58. The molecule has 2 rings (SSSR count). The number of hydrogen-bond donors (Lipinski definition) is 2. The highest BCUT2D eigenvalue weighted by Gasteiger charge is 2.16. The average molecular weight is 342 g/mol. The number of para-hydroxylation sites is 2. The lowest BCUT2D eigenvalue weighted by atomic mass is 10.1. The third kappa shape index (κ3) is 5.06. The molecule has 6 nitrogen and oxygen atoms in total. The summed E-state index contributed by atoms with van der Waals surface area (Å²) in [6, 6.07) is 13.8. The van der Waals surface area contributed by atoms with Gasteiger partial charge in [0, 0.05) is 13.7 Å². The summed E-state index contributed by atoms with van der Waals surface area (Å²) in [4.78, 5) is 24.8. The molecule has 0 spiro atoms. The van der Waals surface area contributed by atoms with Gasteiger partial charge in [0.1, 0.15) is 12.4 Å². The van der Waals surface area contributed by atoms with E-state index in [0.29, 0.717) is 42.3 Å². The van der Waals surface area contributed by atoms with Crippen LogP contribution >= 0.6 is 0 Å². The van der Waals surface area contributed by atoms with Gasteiger partial charge in [0.2, 0.25) is 0 Å². The zero-order valence-corrected chi connectivity index (χ0v) is 14.4. The van der Waals surface area contributed by atoms with E-state index in [-0.39, 0.29) is 11.8 Å². The molecule has 6 heteroatoms. The minimum atomic E-state index is -0.343. The van der Waals surface area contributed by atoms with Gasteiger partial charge in [0.15, 0.2) is 0 Å². The molecular weight excluding hydrogens is 320 g/mol. The topological polar surface area (TPSA) is 76.7 Å². The Bertz CT molecular complexity index is 731. The number of methoxy groups -OCH3 is 1. The van der Waals surface area contributed by atoms with E-state index in [1.54, 1.807) is 55.6 Å². The summed E-state index contributed by atoms with van der Waals surface area (Å²) in [5, 5.41) is 5.52. The Morgan fingerprint density at radius 2 is 1.60 bits per heavy atom. The molecule has 0 fully saturated rings. The predicted octanol–water partition coefficient (Wildman–Crippen LogP) is 2.71. The van der Waals surface area contributed by atoms with E-state index < -0.39 is 0 Å². The van der Waals surface area contributed by atoms with Gasteiger partial charge in [-0.15, -0.1) is 0 Å². The lowest BCUT2D eigenvalue weighted by molar-refractivity contribution is 0.0956. The number of amides is 2. The monoisotopic (exact) mass is 342 g/mol. The molecule has 0 saturated heterocycles. The smallest absolute Gasteiger partial charge is 0.259 e. The summed E-state index contributed by atoms with van der Waals surface area (Å²) in [5.74, 6) is -0.111. The third-order valence-corrected chi connectivity index (χ3v) is 3.43. The number of anilines is 1. The predicted molar refractivity (Wildman–Crippen MR) is 96.2 cm³/mol. The first-order chi connectivity index (χ1) is 12.2. The lowest BCUT2D eigenvalue weighted by Gasteiger charge is -2.13. The second kappa shape index (κ2) is 9.44. The molecule has 2 N–H and O–H groups in total. The highest BCUT2D eigenvalue weighted by atomic mass is 16.5. The molecule has 0 aliphatic heterocycles. The molecule has 0 unspecified atom stereocenters. The molecule has 0 radical (unpaired) electrons. The van der Waals surface area contributed by atoms with E-state index in [2.05, 4.69) is 10.6 Å². The Kier molecular flexibility index (Phi) is 6.98. The molecule has 0 saturated carbocycles. The van der Waals surface area contributed by atoms with Crippen molar-refractivity contribution in [1.29, 1.82) is 0 Å². The standard InChI is InChI=1S/C19H22N2O4/c1-3-20-18(22)14-8-4-6-10-16(14)21-19(23)15-9-5-7-11-17(15)25-13-12-24-2/h4-11H,3,12-13H2,1-2H3,(H,20,22)(H,21,23). The maximum absolute atomic E-state index is 12.6. The molecule has 0 aromatic heterocycles. The Hall–Kier alpha value is -2.86. The van der Waals surface area contributed by atoms with Gasteiger partial charge in [-0.1, -0.05) is 24.3 Å². The molecule has 0 atom stereocenters. The maximum Gasteiger partial charge on any atom is 0.259 e. The van der Waals surface area contributed by atoms with E-state index in [1.807, 2.05) is 6.92 Å². The van der Waals surface area contributed by atoms with Gasteiger partial charge in [-0.3, -0.25) is 9.59 Å². The summed E-state index contributed by atoms with van der Waals surface area (Å²) in [6.07, 6.45) is 0. The summed E-state index contributed by atoms with van der Waals surface area (Å²) in [6.45, 7) is 3.12. The highest BCUT2D eigenvalue weighted by Crippen LogP contribution is 2.21. The fourth-order valence-corrected chi connectivity index (χ4v) is 2.25. The Morgan fingerprint density at radius 3 is 2.32 bits per heavy atom. The van der Waals surface area contributed by atoms with Crippen molar-refractivity contribution in [3.05, 3.63) is 59.7 Å². The second-order valence-electron chi connectivity index (χ2n) is 5.20. The van der Waals surface area contributed by atoms with E-state index in [9.17, 15) is 9.59 Å². The molecule has 2 aromatic rings. The number of benzene rings is 2. The van der Waals surface area contributed by atoms with E-state index in [1.165, 1.54) is 0 Å². The molecule has 0 bridgehead atoms. The number of carbonyl (C=O) groups is 2. The van der Waals surface area contributed by atoms with Crippen LogP contribution in [0.4, 0.5) is 5.69 Å². The van der Waals surface area contributed by atoms with Gasteiger partial charge in [-0.05, 0) is 31.2 Å². The molecule has 132 valence electrons. The van der Waals surface area contributed by atoms with Gasteiger partial charge in [-0.2, -0.15) is 0 Å². The summed E-state index contributed by atoms with van der Waals surface area (Å²) >= 11 is 0. The molecular formula is C19H22N2O4. The van der Waals surface area contributed by atoms with Crippen LogP contribution in [0.2, 0.25) is 0 Å². The van der Waals surface area contributed by atoms with Gasteiger partial charge in [0.25, 0.3) is 11.8 Å². The van der Waals surface area contributed by atoms with Gasteiger partial charge in [-0.25, -0.2) is 0 Å². The molecule has 0 aliphatic rings. The zero-order valence-electron chi connectivity index (χ0n) is 14.4. The van der Waals surface area contributed by atoms with Crippen LogP contribution in [-0.4, -0.2) is 38.7 Å². The van der Waals surface area contributed by atoms with Crippen molar-refractivity contribution < 1.29 is 19.1 Å². The van der Waals surface area contributed by atoms with Crippen molar-refractivity contribution in [3.8, 4) is 5.75 Å². The first-order valence-electron chi connectivity index (χ1n) is 8.06. The van der Waals surface area contributed by atoms with Crippen LogP contribution in [-0.2, 0) is 4.74 Å². The minimum Gasteiger partial charge on any atom is -0.490 e. The summed E-state index contributed by atoms with van der Waals surface area (Å²) < 4.78 is 10.5. The average Bonchev–Trinajstić information content (AvgIpc) is 2.63. The second-order valence-corrected chi connectivity index (χ2v) is 5.20. The van der Waals surface area contributed by atoms with Gasteiger partial charge < -0.3 is 20.1 Å².